The van der Waals surface area contributed by atoms with Gasteiger partial charge in [0.25, 0.3) is 0 Å². The normalized spacial score (nSPS) is 15.3. The Morgan fingerprint density at radius 3 is 2.58 bits per heavy atom. The highest BCUT2D eigenvalue weighted by atomic mass is 32.2. The number of halogens is 1. The number of hydrogen-bond donors (Lipinski definition) is 3. The van der Waals surface area contributed by atoms with Crippen LogP contribution in [-0.4, -0.2) is 77.1 Å². The summed E-state index contributed by atoms with van der Waals surface area (Å²) in [6, 6.07) is 6.23. The molecule has 1 saturated heterocycles. The number of hydrogen-bond acceptors (Lipinski definition) is 10. The number of anilines is 2. The fourth-order valence-electron chi connectivity index (χ4n) is 4.68. The first-order chi connectivity index (χ1) is 20.2. The fourth-order valence-corrected chi connectivity index (χ4v) is 7.06. The number of ether oxygens (including phenoxy) is 1. The van der Waals surface area contributed by atoms with Crippen LogP contribution in [-0.2, 0) is 20.2 Å². The van der Waals surface area contributed by atoms with Crippen LogP contribution in [0.1, 0.15) is 58.9 Å². The molecule has 1 aliphatic rings. The minimum atomic E-state index is -3.73. The summed E-state index contributed by atoms with van der Waals surface area (Å²) >= 11 is 1.38. The Labute approximate surface area is 256 Å². The predicted molar refractivity (Wildman–Crippen MR) is 166 cm³/mol. The first-order valence-electron chi connectivity index (χ1n) is 14.2. The Morgan fingerprint density at radius 1 is 1.21 bits per heavy atom. The fraction of sp³-hybridized carbons (Fsp3) is 0.517. The van der Waals surface area contributed by atoms with Crippen molar-refractivity contribution in [2.45, 2.75) is 64.9 Å². The maximum Gasteiger partial charge on any atom is 0.410 e. The summed E-state index contributed by atoms with van der Waals surface area (Å²) in [6.45, 7) is 10.4. The lowest BCUT2D eigenvalue weighted by atomic mass is 9.81. The highest BCUT2D eigenvalue weighted by Gasteiger charge is 2.38. The van der Waals surface area contributed by atoms with Gasteiger partial charge in [-0.25, -0.2) is 32.6 Å². The summed E-state index contributed by atoms with van der Waals surface area (Å²) in [7, 11) is -3.73. The molecule has 0 aliphatic carbocycles. The molecule has 3 heterocycles. The molecule has 0 bridgehead atoms. The molecule has 4 rings (SSSR count). The molecule has 0 spiro atoms. The zero-order valence-electron chi connectivity index (χ0n) is 25.1. The van der Waals surface area contributed by atoms with Crippen LogP contribution in [0, 0.1) is 5.82 Å². The molecule has 0 saturated carbocycles. The number of nitrogens with zero attached hydrogens (tertiary/aromatic N) is 4. The molecule has 3 N–H and O–H groups in total. The van der Waals surface area contributed by atoms with E-state index in [2.05, 4.69) is 26.9 Å². The lowest BCUT2D eigenvalue weighted by Crippen LogP contribution is -2.45. The molecule has 0 unspecified atom stereocenters. The van der Waals surface area contributed by atoms with Crippen molar-refractivity contribution in [2.75, 3.05) is 42.0 Å². The lowest BCUT2D eigenvalue weighted by Gasteiger charge is -2.38. The van der Waals surface area contributed by atoms with Gasteiger partial charge < -0.3 is 20.1 Å². The molecule has 1 fully saturated rings. The molecule has 1 amide bonds. The van der Waals surface area contributed by atoms with Crippen LogP contribution in [0.5, 0.6) is 0 Å². The van der Waals surface area contributed by atoms with E-state index in [0.717, 1.165) is 5.01 Å². The minimum Gasteiger partial charge on any atom is -0.444 e. The number of thiazole rings is 1. The second-order valence-corrected chi connectivity index (χ2v) is 14.6. The van der Waals surface area contributed by atoms with Crippen LogP contribution in [0.15, 0.2) is 30.5 Å². The highest BCUT2D eigenvalue weighted by molar-refractivity contribution is 7.92. The van der Waals surface area contributed by atoms with Crippen LogP contribution in [0.25, 0.3) is 21.8 Å². The van der Waals surface area contributed by atoms with Crippen LogP contribution in [0.2, 0.25) is 0 Å². The van der Waals surface area contributed by atoms with Crippen molar-refractivity contribution in [3.63, 3.8) is 0 Å². The van der Waals surface area contributed by atoms with E-state index in [-0.39, 0.29) is 36.2 Å². The molecule has 234 valence electrons. The largest absolute Gasteiger partial charge is 0.444 e. The van der Waals surface area contributed by atoms with Gasteiger partial charge >= 0.3 is 6.09 Å². The zero-order chi connectivity index (χ0) is 31.4. The summed E-state index contributed by atoms with van der Waals surface area (Å²) in [4.78, 5) is 28.7. The topological polar surface area (TPSA) is 147 Å². The summed E-state index contributed by atoms with van der Waals surface area (Å²) in [5, 5.41) is 12.9. The quantitative estimate of drug-likeness (QED) is 0.272. The van der Waals surface area contributed by atoms with Crippen LogP contribution in [0.4, 0.5) is 20.8 Å². The number of rotatable bonds is 10. The maximum atomic E-state index is 16.0. The van der Waals surface area contributed by atoms with Crippen LogP contribution in [0.3, 0.4) is 0 Å². The van der Waals surface area contributed by atoms with Crippen molar-refractivity contribution >= 4 is 39.1 Å². The van der Waals surface area contributed by atoms with Gasteiger partial charge in [0.05, 0.1) is 39.3 Å². The van der Waals surface area contributed by atoms with Crippen molar-refractivity contribution in [1.29, 1.82) is 0 Å². The summed E-state index contributed by atoms with van der Waals surface area (Å²) < 4.78 is 48.8. The predicted octanol–water partition coefficient (Wildman–Crippen LogP) is 5.25. The van der Waals surface area contributed by atoms with Crippen molar-refractivity contribution < 1.29 is 27.4 Å². The average Bonchev–Trinajstić information content (AvgIpc) is 3.39. The number of piperidine rings is 1. The number of nitrogens with one attached hydrogen (secondary N) is 2. The lowest BCUT2D eigenvalue weighted by molar-refractivity contribution is 0.0171. The van der Waals surface area contributed by atoms with Gasteiger partial charge in [0.1, 0.15) is 5.60 Å². The molecule has 1 aliphatic heterocycles. The Kier molecular flexibility index (Phi) is 9.92. The third-order valence-electron chi connectivity index (χ3n) is 6.94. The zero-order valence-corrected chi connectivity index (χ0v) is 26.7. The van der Waals surface area contributed by atoms with Gasteiger partial charge in [-0.05, 0) is 58.2 Å². The van der Waals surface area contributed by atoms with Crippen LogP contribution < -0.4 is 10.0 Å². The van der Waals surface area contributed by atoms with Crippen molar-refractivity contribution in [3.05, 3.63) is 41.3 Å². The molecule has 11 nitrogen and oxygen atoms in total. The molecule has 14 heteroatoms. The van der Waals surface area contributed by atoms with E-state index in [9.17, 15) is 18.3 Å². The van der Waals surface area contributed by atoms with E-state index in [4.69, 9.17) is 9.72 Å². The second kappa shape index (κ2) is 13.1. The van der Waals surface area contributed by atoms with Crippen molar-refractivity contribution in [2.24, 2.45) is 0 Å². The van der Waals surface area contributed by atoms with E-state index in [0.29, 0.717) is 54.6 Å². The van der Waals surface area contributed by atoms with Gasteiger partial charge in [0, 0.05) is 36.8 Å². The number of carbonyl (C=O) groups excluding carboxylic acids is 1. The third-order valence-corrected chi connectivity index (χ3v) is 9.80. The number of aromatic nitrogens is 3. The number of sulfonamides is 1. The van der Waals surface area contributed by atoms with Gasteiger partial charge in [0.2, 0.25) is 16.0 Å². The van der Waals surface area contributed by atoms with Gasteiger partial charge in [0.15, 0.2) is 5.82 Å². The average molecular weight is 635 g/mol. The first-order valence-corrected chi connectivity index (χ1v) is 16.7. The van der Waals surface area contributed by atoms with E-state index >= 15 is 4.39 Å². The molecule has 43 heavy (non-hydrogen) atoms. The van der Waals surface area contributed by atoms with E-state index in [1.54, 1.807) is 36.2 Å². The molecule has 3 aromatic rings. The number of aliphatic hydroxyl groups is 1. The minimum absolute atomic E-state index is 0.103. The summed E-state index contributed by atoms with van der Waals surface area (Å²) in [5.41, 5.74) is -0.207. The SMILES string of the molecule is CCCS(=O)(=O)Nc1cccc(-c2nc(C3(C)CCN(C(=O)OC(C)(C)C)CC3)sc2-c2ccnc(NCCO)n2)c1F. The molecular formula is C29H39FN6O5S2. The van der Waals surface area contributed by atoms with Crippen molar-refractivity contribution in [1.82, 2.24) is 19.9 Å². The number of likely N-dealkylation sites (tertiary alicyclic amines) is 1. The summed E-state index contributed by atoms with van der Waals surface area (Å²) in [5.74, 6) is -0.574. The molecule has 0 radical (unpaired) electrons. The second-order valence-electron chi connectivity index (χ2n) is 11.7. The van der Waals surface area contributed by atoms with Crippen LogP contribution >= 0.6 is 11.3 Å². The van der Waals surface area contributed by atoms with Gasteiger partial charge in [-0.15, -0.1) is 11.3 Å². The van der Waals surface area contributed by atoms with Gasteiger partial charge in [-0.2, -0.15) is 0 Å². The molecule has 1 aromatic carbocycles. The first kappa shape index (κ1) is 32.6. The van der Waals surface area contributed by atoms with E-state index in [1.165, 1.54) is 17.4 Å². The number of aliphatic hydroxyl groups excluding tert-OH is 1. The Bertz CT molecular complexity index is 1550. The highest BCUT2D eigenvalue weighted by Crippen LogP contribution is 2.45. The third kappa shape index (κ3) is 7.98. The van der Waals surface area contributed by atoms with E-state index < -0.39 is 26.9 Å². The maximum absolute atomic E-state index is 16.0. The molecule has 0 atom stereocenters. The molecular weight excluding hydrogens is 595 g/mol. The van der Waals surface area contributed by atoms with E-state index in [1.807, 2.05) is 20.8 Å². The number of benzene rings is 1. The monoisotopic (exact) mass is 634 g/mol. The number of amides is 1. The smallest absolute Gasteiger partial charge is 0.410 e. The Morgan fingerprint density at radius 2 is 1.93 bits per heavy atom. The Balaban J connectivity index is 1.75. The summed E-state index contributed by atoms with van der Waals surface area (Å²) in [6.07, 6.45) is 2.83. The standard InChI is InChI=1S/C29H39FN6O5S2/c1-6-18-43(39,40)35-20-9-7-8-19(22(20)30)23-24(21-10-13-31-26(33-21)32-14-17-37)42-25(34-23)29(5)11-15-36(16-12-29)27(38)41-28(2,3)4/h7-10,13,35,37H,6,11-12,14-18H2,1-5H3,(H,31,32,33). The molecule has 2 aromatic heterocycles. The van der Waals surface area contributed by atoms with Crippen molar-refractivity contribution in [3.8, 4) is 21.8 Å². The van der Waals surface area contributed by atoms with Gasteiger partial charge in [-0.3, -0.25) is 4.72 Å². The number of carbonyl (C=O) groups is 1. The van der Waals surface area contributed by atoms with Gasteiger partial charge in [-0.1, -0.05) is 19.9 Å². The Hall–Kier alpha value is -3.36.